The van der Waals surface area contributed by atoms with Crippen LogP contribution in [0.25, 0.3) is 22.5 Å². The van der Waals surface area contributed by atoms with Crippen LogP contribution in [0.15, 0.2) is 73.2 Å². The summed E-state index contributed by atoms with van der Waals surface area (Å²) in [5, 5.41) is 13.3. The Bertz CT molecular complexity index is 1410. The van der Waals surface area contributed by atoms with E-state index in [1.165, 1.54) is 18.5 Å². The molecular weight excluding hydrogens is 495 g/mol. The summed E-state index contributed by atoms with van der Waals surface area (Å²) in [5.41, 5.74) is 4.90. The number of carbonyl (C=O) groups is 1. The zero-order valence-corrected chi connectivity index (χ0v) is 22.2. The number of para-hydroxylation sites is 1. The highest BCUT2D eigenvalue weighted by Gasteiger charge is 2.32. The van der Waals surface area contributed by atoms with Crippen molar-refractivity contribution < 1.29 is 19.0 Å². The number of ether oxygens (including phenoxy) is 1. The highest BCUT2D eigenvalue weighted by atomic mass is 19.1. The summed E-state index contributed by atoms with van der Waals surface area (Å²) in [6, 6.07) is 17.4. The number of nitrogens with zero attached hydrogens (tertiary/aromatic N) is 3. The maximum Gasteiger partial charge on any atom is 0.258 e. The Morgan fingerprint density at radius 3 is 2.59 bits per heavy atom. The summed E-state index contributed by atoms with van der Waals surface area (Å²) in [6.07, 6.45) is 4.51. The van der Waals surface area contributed by atoms with Crippen molar-refractivity contribution in [3.63, 3.8) is 0 Å². The number of aromatic nitrogens is 3. The van der Waals surface area contributed by atoms with Crippen LogP contribution in [-0.2, 0) is 11.3 Å². The van der Waals surface area contributed by atoms with Crippen LogP contribution in [0.4, 0.5) is 10.1 Å². The Labute approximate surface area is 227 Å². The maximum atomic E-state index is 14.0. The number of hydrogen-bond donors (Lipinski definition) is 2. The molecule has 2 N–H and O–H groups in total. The van der Waals surface area contributed by atoms with Crippen molar-refractivity contribution in [2.75, 3.05) is 11.9 Å². The molecule has 4 aromatic rings. The number of benzene rings is 2. The van der Waals surface area contributed by atoms with Crippen molar-refractivity contribution >= 4 is 11.6 Å². The Morgan fingerprint density at radius 2 is 1.92 bits per heavy atom. The zero-order valence-electron chi connectivity index (χ0n) is 22.2. The number of aliphatic hydroxyl groups excluding tert-OH is 1. The number of nitrogens with one attached hydrogen (secondary N) is 1. The summed E-state index contributed by atoms with van der Waals surface area (Å²) in [6.45, 7) is 5.19. The van der Waals surface area contributed by atoms with E-state index < -0.39 is 0 Å². The summed E-state index contributed by atoms with van der Waals surface area (Å²) in [4.78, 5) is 22.7. The lowest BCUT2D eigenvalue weighted by molar-refractivity contribution is -0.0477. The van der Waals surface area contributed by atoms with Gasteiger partial charge < -0.3 is 19.7 Å². The molecule has 1 saturated heterocycles. The lowest BCUT2D eigenvalue weighted by Gasteiger charge is -2.27. The molecule has 5 rings (SSSR count). The van der Waals surface area contributed by atoms with E-state index in [-0.39, 0.29) is 29.9 Å². The van der Waals surface area contributed by atoms with E-state index in [1.807, 2.05) is 30.3 Å². The number of aliphatic hydroxyl groups is 1. The van der Waals surface area contributed by atoms with Crippen LogP contribution in [-0.4, -0.2) is 44.4 Å². The summed E-state index contributed by atoms with van der Waals surface area (Å²) >= 11 is 0. The van der Waals surface area contributed by atoms with E-state index in [1.54, 1.807) is 24.4 Å². The van der Waals surface area contributed by atoms with Gasteiger partial charge in [-0.25, -0.2) is 14.4 Å². The van der Waals surface area contributed by atoms with Crippen LogP contribution in [0, 0.1) is 5.82 Å². The van der Waals surface area contributed by atoms with Gasteiger partial charge in [0.15, 0.2) is 0 Å². The molecule has 39 heavy (non-hydrogen) atoms. The fourth-order valence-electron chi connectivity index (χ4n) is 5.34. The van der Waals surface area contributed by atoms with Crippen molar-refractivity contribution in [3.8, 4) is 22.5 Å². The summed E-state index contributed by atoms with van der Waals surface area (Å²) in [5.74, 6) is -0.602. The quantitative estimate of drug-likeness (QED) is 0.290. The number of halogens is 1. The molecule has 0 aliphatic carbocycles. The van der Waals surface area contributed by atoms with Gasteiger partial charge in [-0.05, 0) is 73.2 Å². The molecule has 1 aliphatic heterocycles. The second kappa shape index (κ2) is 11.9. The molecule has 0 radical (unpaired) electrons. The van der Waals surface area contributed by atoms with Crippen LogP contribution in [0.5, 0.6) is 0 Å². The molecule has 0 bridgehead atoms. The van der Waals surface area contributed by atoms with Gasteiger partial charge in [0.25, 0.3) is 5.91 Å². The maximum absolute atomic E-state index is 14.0. The second-order valence-electron chi connectivity index (χ2n) is 10.2. The third kappa shape index (κ3) is 5.92. The Morgan fingerprint density at radius 1 is 1.15 bits per heavy atom. The van der Waals surface area contributed by atoms with E-state index in [2.05, 4.69) is 33.7 Å². The monoisotopic (exact) mass is 528 g/mol. The molecule has 0 spiro atoms. The SMILES string of the molecule is CC(C)c1c(C(=O)Nc2ccccc2)c(-c2ccncn2)c(-c2ccc(F)cc2)n1CC[C@@H]1C[C@@H](O)CCO1. The van der Waals surface area contributed by atoms with Gasteiger partial charge in [0.2, 0.25) is 0 Å². The highest BCUT2D eigenvalue weighted by Crippen LogP contribution is 2.42. The zero-order chi connectivity index (χ0) is 27.4. The Hall–Kier alpha value is -3.88. The van der Waals surface area contributed by atoms with Crippen LogP contribution >= 0.6 is 0 Å². The molecule has 2 aromatic carbocycles. The van der Waals surface area contributed by atoms with Crippen molar-refractivity contribution in [3.05, 3.63) is 90.3 Å². The minimum absolute atomic E-state index is 0.0193. The Balaban J connectivity index is 1.71. The largest absolute Gasteiger partial charge is 0.393 e. The van der Waals surface area contributed by atoms with Crippen LogP contribution in [0.2, 0.25) is 0 Å². The first kappa shape index (κ1) is 26.7. The number of hydrogen-bond acceptors (Lipinski definition) is 5. The molecule has 7 nitrogen and oxygen atoms in total. The normalized spacial score (nSPS) is 17.4. The van der Waals surface area contributed by atoms with Gasteiger partial charge in [-0.1, -0.05) is 32.0 Å². The molecule has 0 unspecified atom stereocenters. The van der Waals surface area contributed by atoms with E-state index >= 15 is 0 Å². The molecular formula is C31H33FN4O3. The average Bonchev–Trinajstić information content (AvgIpc) is 3.29. The molecule has 1 aliphatic rings. The number of anilines is 1. The molecule has 0 saturated carbocycles. The van der Waals surface area contributed by atoms with E-state index in [9.17, 15) is 14.3 Å². The van der Waals surface area contributed by atoms with Gasteiger partial charge in [0.05, 0.1) is 29.2 Å². The van der Waals surface area contributed by atoms with Crippen LogP contribution in [0.1, 0.15) is 55.1 Å². The fourth-order valence-corrected chi connectivity index (χ4v) is 5.34. The molecule has 2 aromatic heterocycles. The van der Waals surface area contributed by atoms with Crippen molar-refractivity contribution in [1.29, 1.82) is 0 Å². The lowest BCUT2D eigenvalue weighted by atomic mass is 9.97. The van der Waals surface area contributed by atoms with E-state index in [0.717, 1.165) is 17.0 Å². The van der Waals surface area contributed by atoms with Gasteiger partial charge in [-0.2, -0.15) is 0 Å². The Kier molecular flexibility index (Phi) is 8.14. The number of rotatable bonds is 8. The molecule has 1 fully saturated rings. The standard InChI is InChI=1S/C31H33FN4O3/c1-20(2)29-28(31(38)35-23-6-4-3-5-7-23)27(26-12-15-33-19-34-26)30(21-8-10-22(32)11-9-21)36(29)16-13-25-18-24(37)14-17-39-25/h3-12,15,19-20,24-25,37H,13-14,16-18H2,1-2H3,(H,35,38)/t24-,25+/m0/s1. The molecule has 3 heterocycles. The highest BCUT2D eigenvalue weighted by molar-refractivity contribution is 6.12. The predicted molar refractivity (Wildman–Crippen MR) is 149 cm³/mol. The second-order valence-corrected chi connectivity index (χ2v) is 10.2. The van der Waals surface area contributed by atoms with Gasteiger partial charge in [0, 0.05) is 36.3 Å². The lowest BCUT2D eigenvalue weighted by Crippen LogP contribution is -2.30. The van der Waals surface area contributed by atoms with Crippen LogP contribution < -0.4 is 5.32 Å². The summed E-state index contributed by atoms with van der Waals surface area (Å²) < 4.78 is 22.1. The number of carbonyl (C=O) groups excluding carboxylic acids is 1. The van der Waals surface area contributed by atoms with Gasteiger partial charge >= 0.3 is 0 Å². The number of amides is 1. The smallest absolute Gasteiger partial charge is 0.258 e. The van der Waals surface area contributed by atoms with Crippen molar-refractivity contribution in [2.45, 2.75) is 57.8 Å². The van der Waals surface area contributed by atoms with Crippen molar-refractivity contribution in [2.24, 2.45) is 0 Å². The van der Waals surface area contributed by atoms with Gasteiger partial charge in [0.1, 0.15) is 12.1 Å². The van der Waals surface area contributed by atoms with Gasteiger partial charge in [-0.15, -0.1) is 0 Å². The van der Waals surface area contributed by atoms with Crippen LogP contribution in [0.3, 0.4) is 0 Å². The predicted octanol–water partition coefficient (Wildman–Crippen LogP) is 6.06. The minimum atomic E-state index is -0.377. The third-order valence-electron chi connectivity index (χ3n) is 7.08. The molecule has 2 atom stereocenters. The van der Waals surface area contributed by atoms with E-state index in [4.69, 9.17) is 4.74 Å². The van der Waals surface area contributed by atoms with Gasteiger partial charge in [-0.3, -0.25) is 4.79 Å². The first-order chi connectivity index (χ1) is 18.9. The molecule has 202 valence electrons. The van der Waals surface area contributed by atoms with Crippen molar-refractivity contribution in [1.82, 2.24) is 14.5 Å². The topological polar surface area (TPSA) is 89.3 Å². The first-order valence-corrected chi connectivity index (χ1v) is 13.4. The van der Waals surface area contributed by atoms with E-state index in [0.29, 0.717) is 54.9 Å². The fraction of sp³-hybridized carbons (Fsp3) is 0.323. The molecule has 8 heteroatoms. The average molecular weight is 529 g/mol. The first-order valence-electron chi connectivity index (χ1n) is 13.4. The molecule has 1 amide bonds. The third-order valence-corrected chi connectivity index (χ3v) is 7.08. The minimum Gasteiger partial charge on any atom is -0.393 e. The summed E-state index contributed by atoms with van der Waals surface area (Å²) in [7, 11) is 0.